The van der Waals surface area contributed by atoms with E-state index in [1.807, 2.05) is 0 Å². The highest BCUT2D eigenvalue weighted by Crippen LogP contribution is 2.19. The van der Waals surface area contributed by atoms with Gasteiger partial charge in [-0.25, -0.2) is 0 Å². The lowest BCUT2D eigenvalue weighted by molar-refractivity contribution is -0.385. The number of carboxylic acids is 1. The number of hydrogen-bond donors (Lipinski definition) is 1. The molecule has 0 aliphatic carbocycles. The topological polar surface area (TPSA) is 119 Å². The number of aromatic nitrogens is 2. The Hall–Kier alpha value is -2.45. The monoisotopic (exact) mass is 284 g/mol. The van der Waals surface area contributed by atoms with Crippen molar-refractivity contribution in [3.8, 4) is 0 Å². The van der Waals surface area contributed by atoms with E-state index in [-0.39, 0.29) is 24.7 Å². The van der Waals surface area contributed by atoms with Crippen molar-refractivity contribution in [1.82, 2.24) is 14.7 Å². The third-order valence-electron chi connectivity index (χ3n) is 2.66. The summed E-state index contributed by atoms with van der Waals surface area (Å²) < 4.78 is 1.18. The van der Waals surface area contributed by atoms with Crippen LogP contribution in [0.5, 0.6) is 0 Å². The quantitative estimate of drug-likeness (QED) is 0.605. The van der Waals surface area contributed by atoms with E-state index in [1.54, 1.807) is 13.8 Å². The molecule has 0 spiro atoms. The first kappa shape index (κ1) is 15.6. The molecule has 9 nitrogen and oxygen atoms in total. The standard InChI is InChI=1S/C11H16N4O5/c1-7(2)14(5-4-9(16)17)11(18)10-8(15(19)20)6-13(3)12-10/h6-7H,4-5H2,1-3H3,(H,16,17). The van der Waals surface area contributed by atoms with Crippen molar-refractivity contribution >= 4 is 17.6 Å². The maximum absolute atomic E-state index is 12.3. The molecule has 0 saturated carbocycles. The normalized spacial score (nSPS) is 10.6. The van der Waals surface area contributed by atoms with Crippen LogP contribution < -0.4 is 0 Å². The second kappa shape index (κ2) is 6.13. The number of aryl methyl sites for hydroxylation is 1. The fourth-order valence-corrected chi connectivity index (χ4v) is 1.71. The maximum Gasteiger partial charge on any atom is 0.320 e. The van der Waals surface area contributed by atoms with Crippen LogP contribution in [0.25, 0.3) is 0 Å². The van der Waals surface area contributed by atoms with E-state index in [4.69, 9.17) is 5.11 Å². The number of aliphatic carboxylic acids is 1. The minimum Gasteiger partial charge on any atom is -0.481 e. The van der Waals surface area contributed by atoms with Crippen molar-refractivity contribution in [3.05, 3.63) is 22.0 Å². The van der Waals surface area contributed by atoms with Gasteiger partial charge in [-0.1, -0.05) is 0 Å². The molecular formula is C11H16N4O5. The summed E-state index contributed by atoms with van der Waals surface area (Å²) in [6, 6.07) is -0.288. The van der Waals surface area contributed by atoms with E-state index in [1.165, 1.54) is 16.6 Å². The summed E-state index contributed by atoms with van der Waals surface area (Å²) in [5.74, 6) is -1.69. The fourth-order valence-electron chi connectivity index (χ4n) is 1.71. The van der Waals surface area contributed by atoms with Crippen molar-refractivity contribution in [3.63, 3.8) is 0 Å². The summed E-state index contributed by atoms with van der Waals surface area (Å²) in [4.78, 5) is 34.3. The molecule has 0 fully saturated rings. The van der Waals surface area contributed by atoms with Gasteiger partial charge in [0.15, 0.2) is 0 Å². The van der Waals surface area contributed by atoms with Crippen LogP contribution in [0, 0.1) is 10.1 Å². The Kier molecular flexibility index (Phi) is 4.78. The molecule has 0 unspecified atom stereocenters. The zero-order chi connectivity index (χ0) is 15.4. The SMILES string of the molecule is CC(C)N(CCC(=O)O)C(=O)c1nn(C)cc1[N+](=O)[O-]. The van der Waals surface area contributed by atoms with Gasteiger partial charge < -0.3 is 10.0 Å². The number of hydrogen-bond acceptors (Lipinski definition) is 5. The van der Waals surface area contributed by atoms with Crippen molar-refractivity contribution in [2.75, 3.05) is 6.54 Å². The number of amides is 1. The molecule has 0 aliphatic rings. The molecule has 1 aromatic heterocycles. The molecule has 1 rings (SSSR count). The first-order chi connectivity index (χ1) is 9.23. The third kappa shape index (κ3) is 3.53. The third-order valence-corrected chi connectivity index (χ3v) is 2.66. The van der Waals surface area contributed by atoms with Crippen molar-refractivity contribution < 1.29 is 19.6 Å². The Balaban J connectivity index is 3.06. The van der Waals surface area contributed by atoms with E-state index < -0.39 is 22.5 Å². The van der Waals surface area contributed by atoms with Crippen LogP contribution in [0.3, 0.4) is 0 Å². The fraction of sp³-hybridized carbons (Fsp3) is 0.545. The number of nitrogens with zero attached hydrogens (tertiary/aromatic N) is 4. The molecule has 1 amide bonds. The molecule has 1 aromatic rings. The van der Waals surface area contributed by atoms with Crippen molar-refractivity contribution in [2.24, 2.45) is 7.05 Å². The highest BCUT2D eigenvalue weighted by molar-refractivity contribution is 5.96. The van der Waals surface area contributed by atoms with E-state index in [0.29, 0.717) is 0 Å². The van der Waals surface area contributed by atoms with Gasteiger partial charge in [0.2, 0.25) is 5.69 Å². The molecule has 0 atom stereocenters. The lowest BCUT2D eigenvalue weighted by atomic mass is 10.2. The molecule has 0 aromatic carbocycles. The molecule has 1 heterocycles. The predicted molar refractivity (Wildman–Crippen MR) is 68.3 cm³/mol. The molecule has 20 heavy (non-hydrogen) atoms. The Morgan fingerprint density at radius 3 is 2.60 bits per heavy atom. The largest absolute Gasteiger partial charge is 0.481 e. The van der Waals surface area contributed by atoms with E-state index in [9.17, 15) is 19.7 Å². The molecule has 0 aliphatic heterocycles. The van der Waals surface area contributed by atoms with Crippen LogP contribution in [0.2, 0.25) is 0 Å². The summed E-state index contributed by atoms with van der Waals surface area (Å²) >= 11 is 0. The minimum absolute atomic E-state index is 0.0282. The Morgan fingerprint density at radius 2 is 2.15 bits per heavy atom. The van der Waals surface area contributed by atoms with Crippen LogP contribution in [-0.2, 0) is 11.8 Å². The van der Waals surface area contributed by atoms with Gasteiger partial charge in [0.1, 0.15) is 6.20 Å². The Labute approximate surface area is 114 Å². The number of carbonyl (C=O) groups excluding carboxylic acids is 1. The molecule has 0 radical (unpaired) electrons. The van der Waals surface area contributed by atoms with Crippen LogP contribution in [-0.4, -0.2) is 49.2 Å². The van der Waals surface area contributed by atoms with Gasteiger partial charge >= 0.3 is 11.7 Å². The first-order valence-electron chi connectivity index (χ1n) is 5.94. The molecule has 0 bridgehead atoms. The second-order valence-electron chi connectivity index (χ2n) is 4.53. The van der Waals surface area contributed by atoms with Crippen molar-refractivity contribution in [2.45, 2.75) is 26.3 Å². The molecule has 1 N–H and O–H groups in total. The number of carboxylic acid groups (broad SMARTS) is 1. The van der Waals surface area contributed by atoms with Crippen LogP contribution in [0.1, 0.15) is 30.8 Å². The summed E-state index contributed by atoms with van der Waals surface area (Å²) in [6.45, 7) is 3.38. The lowest BCUT2D eigenvalue weighted by Gasteiger charge is -2.25. The van der Waals surface area contributed by atoms with Gasteiger partial charge in [0.25, 0.3) is 5.91 Å². The molecular weight excluding hydrogens is 268 g/mol. The average molecular weight is 284 g/mol. The molecule has 0 saturated heterocycles. The van der Waals surface area contributed by atoms with Crippen LogP contribution >= 0.6 is 0 Å². The molecule has 110 valence electrons. The summed E-state index contributed by atoms with van der Waals surface area (Å²) in [6.07, 6.45) is 0.910. The summed E-state index contributed by atoms with van der Waals surface area (Å²) in [5, 5.41) is 23.4. The average Bonchev–Trinajstić information content (AvgIpc) is 2.70. The van der Waals surface area contributed by atoms with Crippen LogP contribution in [0.15, 0.2) is 6.20 Å². The zero-order valence-corrected chi connectivity index (χ0v) is 11.4. The lowest BCUT2D eigenvalue weighted by Crippen LogP contribution is -2.39. The number of nitro groups is 1. The van der Waals surface area contributed by atoms with E-state index >= 15 is 0 Å². The Bertz CT molecular complexity index is 537. The van der Waals surface area contributed by atoms with Crippen molar-refractivity contribution in [1.29, 1.82) is 0 Å². The maximum atomic E-state index is 12.3. The number of rotatable bonds is 6. The van der Waals surface area contributed by atoms with Gasteiger partial charge in [-0.15, -0.1) is 0 Å². The highest BCUT2D eigenvalue weighted by atomic mass is 16.6. The second-order valence-corrected chi connectivity index (χ2v) is 4.53. The first-order valence-corrected chi connectivity index (χ1v) is 5.94. The van der Waals surface area contributed by atoms with Gasteiger partial charge in [-0.2, -0.15) is 5.10 Å². The smallest absolute Gasteiger partial charge is 0.320 e. The summed E-state index contributed by atoms with van der Waals surface area (Å²) in [5.41, 5.74) is -0.671. The molecule has 9 heteroatoms. The van der Waals surface area contributed by atoms with Crippen LogP contribution in [0.4, 0.5) is 5.69 Å². The van der Waals surface area contributed by atoms with E-state index in [2.05, 4.69) is 5.10 Å². The number of carbonyl (C=O) groups is 2. The van der Waals surface area contributed by atoms with Gasteiger partial charge in [0.05, 0.1) is 11.3 Å². The van der Waals surface area contributed by atoms with Gasteiger partial charge in [0, 0.05) is 19.6 Å². The Morgan fingerprint density at radius 1 is 1.55 bits per heavy atom. The van der Waals surface area contributed by atoms with Gasteiger partial charge in [-0.05, 0) is 13.8 Å². The highest BCUT2D eigenvalue weighted by Gasteiger charge is 2.30. The zero-order valence-electron chi connectivity index (χ0n) is 11.4. The minimum atomic E-state index is -1.04. The van der Waals surface area contributed by atoms with Gasteiger partial charge in [-0.3, -0.25) is 24.4 Å². The predicted octanol–water partition coefficient (Wildman–Crippen LogP) is 0.654. The van der Waals surface area contributed by atoms with E-state index in [0.717, 1.165) is 6.20 Å². The summed E-state index contributed by atoms with van der Waals surface area (Å²) in [7, 11) is 1.47.